The summed E-state index contributed by atoms with van der Waals surface area (Å²) in [6, 6.07) is 0. The molecule has 0 saturated heterocycles. The van der Waals surface area contributed by atoms with E-state index in [4.69, 9.17) is 28.4 Å². The van der Waals surface area contributed by atoms with Gasteiger partial charge in [-0.3, -0.25) is 0 Å². The lowest BCUT2D eigenvalue weighted by Crippen LogP contribution is -2.14. The molecule has 0 aliphatic rings. The monoisotopic (exact) mass is 446 g/mol. The average molecular weight is 447 g/mol. The first-order chi connectivity index (χ1) is 15.4. The van der Waals surface area contributed by atoms with Crippen LogP contribution in [0, 0.1) is 0 Å². The molecule has 0 aliphatic carbocycles. The van der Waals surface area contributed by atoms with Gasteiger partial charge in [0.15, 0.2) is 0 Å². The van der Waals surface area contributed by atoms with Crippen molar-refractivity contribution < 1.29 is 28.4 Å². The molecule has 0 atom stereocenters. The van der Waals surface area contributed by atoms with Crippen molar-refractivity contribution in [2.75, 3.05) is 79.3 Å². The van der Waals surface area contributed by atoms with Gasteiger partial charge in [-0.1, -0.05) is 70.8 Å². The van der Waals surface area contributed by atoms with E-state index in [1.54, 1.807) is 6.08 Å². The summed E-state index contributed by atoms with van der Waals surface area (Å²) in [5.41, 5.74) is 0. The van der Waals surface area contributed by atoms with Gasteiger partial charge in [0.2, 0.25) is 0 Å². The minimum Gasteiger partial charge on any atom is -0.379 e. The molecule has 0 amide bonds. The van der Waals surface area contributed by atoms with Crippen molar-refractivity contribution in [2.45, 2.75) is 71.1 Å². The van der Waals surface area contributed by atoms with Crippen LogP contribution >= 0.6 is 0 Å². The fourth-order valence-electron chi connectivity index (χ4n) is 2.96. The van der Waals surface area contributed by atoms with Gasteiger partial charge in [0.05, 0.1) is 72.7 Å². The van der Waals surface area contributed by atoms with Crippen LogP contribution < -0.4 is 0 Å². The molecule has 0 spiro atoms. The molecule has 0 aromatic rings. The van der Waals surface area contributed by atoms with Gasteiger partial charge in [-0.15, -0.1) is 6.58 Å². The van der Waals surface area contributed by atoms with Crippen LogP contribution in [0.4, 0.5) is 0 Å². The van der Waals surface area contributed by atoms with E-state index in [0.717, 1.165) is 13.0 Å². The Balaban J connectivity index is 2.98. The van der Waals surface area contributed by atoms with E-state index in [-0.39, 0.29) is 0 Å². The maximum Gasteiger partial charge on any atom is 0.0704 e. The molecule has 0 heterocycles. The van der Waals surface area contributed by atoms with Gasteiger partial charge in [-0.25, -0.2) is 0 Å². The number of rotatable bonds is 28. The van der Waals surface area contributed by atoms with E-state index in [9.17, 15) is 0 Å². The molecule has 0 aromatic heterocycles. The number of ether oxygens (including phenoxy) is 6. The van der Waals surface area contributed by atoms with E-state index in [1.165, 1.54) is 57.8 Å². The van der Waals surface area contributed by atoms with Gasteiger partial charge in [0, 0.05) is 6.61 Å². The Labute approximate surface area is 191 Å². The predicted octanol–water partition coefficient (Wildman–Crippen LogP) is 5.19. The molecule has 0 aliphatic heterocycles. The molecule has 0 rings (SSSR count). The number of hydrogen-bond donors (Lipinski definition) is 0. The Morgan fingerprint density at radius 2 is 0.742 bits per heavy atom. The van der Waals surface area contributed by atoms with Crippen LogP contribution in [0.1, 0.15) is 71.1 Å². The van der Waals surface area contributed by atoms with Crippen molar-refractivity contribution in [1.82, 2.24) is 0 Å². The standard InChI is InChI=1S/C25H50O6/c1-3-5-6-7-8-9-10-11-12-13-15-27-17-19-29-21-23-31-25-24-30-22-20-28-18-16-26-14-4-2/h4H,2-3,5-25H2,1H3. The first-order valence-electron chi connectivity index (χ1n) is 12.5. The minimum absolute atomic E-state index is 0.563. The Kier molecular flexibility index (Phi) is 29.0. The molecule has 0 radical (unpaired) electrons. The highest BCUT2D eigenvalue weighted by molar-refractivity contribution is 4.63. The average Bonchev–Trinajstić information content (AvgIpc) is 2.78. The molecule has 0 unspecified atom stereocenters. The highest BCUT2D eigenvalue weighted by atomic mass is 16.6. The van der Waals surface area contributed by atoms with E-state index >= 15 is 0 Å². The van der Waals surface area contributed by atoms with Gasteiger partial charge in [-0.2, -0.15) is 0 Å². The fourth-order valence-corrected chi connectivity index (χ4v) is 2.96. The second-order valence-electron chi connectivity index (χ2n) is 7.61. The lowest BCUT2D eigenvalue weighted by Gasteiger charge is -2.08. The molecule has 0 bridgehead atoms. The maximum absolute atomic E-state index is 5.61. The quantitative estimate of drug-likeness (QED) is 0.122. The number of hydrogen-bond acceptors (Lipinski definition) is 6. The van der Waals surface area contributed by atoms with Crippen molar-refractivity contribution in [3.8, 4) is 0 Å². The normalized spacial score (nSPS) is 11.3. The van der Waals surface area contributed by atoms with Crippen molar-refractivity contribution in [2.24, 2.45) is 0 Å². The largest absolute Gasteiger partial charge is 0.379 e. The molecule has 0 saturated carbocycles. The molecule has 186 valence electrons. The van der Waals surface area contributed by atoms with E-state index in [1.807, 2.05) is 0 Å². The summed E-state index contributed by atoms with van der Waals surface area (Å²) in [6.45, 7) is 13.2. The molecule has 0 aromatic carbocycles. The Bertz CT molecular complexity index is 327. The lowest BCUT2D eigenvalue weighted by molar-refractivity contribution is -0.0158. The van der Waals surface area contributed by atoms with E-state index in [2.05, 4.69) is 13.5 Å². The Hall–Kier alpha value is -0.500. The molecule has 6 nitrogen and oxygen atoms in total. The third kappa shape index (κ3) is 29.5. The van der Waals surface area contributed by atoms with E-state index in [0.29, 0.717) is 72.7 Å². The summed E-state index contributed by atoms with van der Waals surface area (Å²) in [4.78, 5) is 0. The summed E-state index contributed by atoms with van der Waals surface area (Å²) in [5.74, 6) is 0. The van der Waals surface area contributed by atoms with Crippen LogP contribution in [0.3, 0.4) is 0 Å². The van der Waals surface area contributed by atoms with Gasteiger partial charge in [0.25, 0.3) is 0 Å². The van der Waals surface area contributed by atoms with Crippen LogP contribution in [0.2, 0.25) is 0 Å². The zero-order valence-electron chi connectivity index (χ0n) is 20.3. The molecular formula is C25H50O6. The second-order valence-corrected chi connectivity index (χ2v) is 7.61. The third-order valence-corrected chi connectivity index (χ3v) is 4.74. The topological polar surface area (TPSA) is 55.4 Å². The summed E-state index contributed by atoms with van der Waals surface area (Å²) < 4.78 is 32.6. The molecule has 6 heteroatoms. The minimum atomic E-state index is 0.563. The number of unbranched alkanes of at least 4 members (excludes halogenated alkanes) is 9. The zero-order valence-corrected chi connectivity index (χ0v) is 20.3. The van der Waals surface area contributed by atoms with Crippen molar-refractivity contribution in [1.29, 1.82) is 0 Å². The van der Waals surface area contributed by atoms with Crippen molar-refractivity contribution in [3.05, 3.63) is 12.7 Å². The Morgan fingerprint density at radius 3 is 1.13 bits per heavy atom. The fraction of sp³-hybridized carbons (Fsp3) is 0.920. The van der Waals surface area contributed by atoms with Gasteiger partial charge in [-0.05, 0) is 6.42 Å². The highest BCUT2D eigenvalue weighted by Gasteiger charge is 1.95. The molecule has 0 fully saturated rings. The smallest absolute Gasteiger partial charge is 0.0704 e. The summed E-state index contributed by atoms with van der Waals surface area (Å²) in [6.07, 6.45) is 15.2. The van der Waals surface area contributed by atoms with Crippen LogP contribution in [-0.2, 0) is 28.4 Å². The van der Waals surface area contributed by atoms with E-state index < -0.39 is 0 Å². The predicted molar refractivity (Wildman–Crippen MR) is 127 cm³/mol. The maximum atomic E-state index is 5.61. The van der Waals surface area contributed by atoms with Crippen LogP contribution in [0.25, 0.3) is 0 Å². The summed E-state index contributed by atoms with van der Waals surface area (Å²) in [5, 5.41) is 0. The molecule has 0 N–H and O–H groups in total. The lowest BCUT2D eigenvalue weighted by atomic mass is 10.1. The van der Waals surface area contributed by atoms with Crippen LogP contribution in [-0.4, -0.2) is 79.3 Å². The van der Waals surface area contributed by atoms with Crippen molar-refractivity contribution >= 4 is 0 Å². The first kappa shape index (κ1) is 30.5. The van der Waals surface area contributed by atoms with Gasteiger partial charge in [0.1, 0.15) is 0 Å². The Morgan fingerprint density at radius 1 is 0.419 bits per heavy atom. The highest BCUT2D eigenvalue weighted by Crippen LogP contribution is 2.10. The first-order valence-corrected chi connectivity index (χ1v) is 12.5. The molecule has 31 heavy (non-hydrogen) atoms. The molecular weight excluding hydrogens is 396 g/mol. The van der Waals surface area contributed by atoms with Gasteiger partial charge >= 0.3 is 0 Å². The summed E-state index contributed by atoms with van der Waals surface area (Å²) >= 11 is 0. The third-order valence-electron chi connectivity index (χ3n) is 4.74. The SMILES string of the molecule is C=CCOCCOCCOCCOCCOCCOCCCCCCCCCCCC. The summed E-state index contributed by atoms with van der Waals surface area (Å²) in [7, 11) is 0. The zero-order chi connectivity index (χ0) is 22.5. The second kappa shape index (κ2) is 29.5. The van der Waals surface area contributed by atoms with Crippen LogP contribution in [0.5, 0.6) is 0 Å². The van der Waals surface area contributed by atoms with Gasteiger partial charge < -0.3 is 28.4 Å². The van der Waals surface area contributed by atoms with Crippen LogP contribution in [0.15, 0.2) is 12.7 Å². The van der Waals surface area contributed by atoms with Crippen molar-refractivity contribution in [3.63, 3.8) is 0 Å².